The summed E-state index contributed by atoms with van der Waals surface area (Å²) in [5.41, 5.74) is 1.80. The number of halogens is 2. The van der Waals surface area contributed by atoms with Gasteiger partial charge in [0.15, 0.2) is 5.96 Å². The van der Waals surface area contributed by atoms with Crippen LogP contribution in [0.4, 0.5) is 4.39 Å². The van der Waals surface area contributed by atoms with Crippen LogP contribution in [-0.2, 0) is 6.42 Å². The molecule has 0 atom stereocenters. The Morgan fingerprint density at radius 3 is 2.58 bits per heavy atom. The summed E-state index contributed by atoms with van der Waals surface area (Å²) in [6.45, 7) is 7.69. The van der Waals surface area contributed by atoms with Gasteiger partial charge in [-0.1, -0.05) is 0 Å². The summed E-state index contributed by atoms with van der Waals surface area (Å²) in [7, 11) is 0. The van der Waals surface area contributed by atoms with Gasteiger partial charge in [0.1, 0.15) is 5.82 Å². The molecule has 24 heavy (non-hydrogen) atoms. The van der Waals surface area contributed by atoms with Crippen molar-refractivity contribution in [3.63, 3.8) is 0 Å². The van der Waals surface area contributed by atoms with Crippen LogP contribution in [0, 0.1) is 5.82 Å². The van der Waals surface area contributed by atoms with E-state index >= 15 is 0 Å². The lowest BCUT2D eigenvalue weighted by atomic mass is 10.3. The van der Waals surface area contributed by atoms with E-state index in [0.29, 0.717) is 12.6 Å². The summed E-state index contributed by atoms with van der Waals surface area (Å²) >= 11 is 0. The van der Waals surface area contributed by atoms with Crippen molar-refractivity contribution in [2.75, 3.05) is 13.1 Å². The molecule has 0 saturated heterocycles. The zero-order valence-corrected chi connectivity index (χ0v) is 16.6. The molecular weight excluding hydrogens is 420 g/mol. The maximum Gasteiger partial charge on any atom is 0.191 e. The fourth-order valence-corrected chi connectivity index (χ4v) is 2.11. The lowest BCUT2D eigenvalue weighted by molar-refractivity contribution is 0.627. The predicted octanol–water partition coefficient (Wildman–Crippen LogP) is 3.14. The van der Waals surface area contributed by atoms with Crippen molar-refractivity contribution < 1.29 is 4.39 Å². The predicted molar refractivity (Wildman–Crippen MR) is 107 cm³/mol. The molecule has 132 valence electrons. The van der Waals surface area contributed by atoms with Gasteiger partial charge < -0.3 is 10.6 Å². The fraction of sp³-hybridized carbons (Fsp3) is 0.412. The van der Waals surface area contributed by atoms with E-state index in [2.05, 4.69) is 34.6 Å². The Balaban J connectivity index is 0.00000288. The van der Waals surface area contributed by atoms with Crippen LogP contribution in [0.3, 0.4) is 0 Å². The van der Waals surface area contributed by atoms with Gasteiger partial charge in [-0.05, 0) is 51.1 Å². The highest BCUT2D eigenvalue weighted by Crippen LogP contribution is 2.09. The number of hydrogen-bond acceptors (Lipinski definition) is 2. The quantitative estimate of drug-likeness (QED) is 0.408. The second-order valence-corrected chi connectivity index (χ2v) is 5.54. The maximum absolute atomic E-state index is 12.9. The van der Waals surface area contributed by atoms with E-state index in [9.17, 15) is 4.39 Å². The Labute approximate surface area is 159 Å². The highest BCUT2D eigenvalue weighted by Gasteiger charge is 2.03. The van der Waals surface area contributed by atoms with E-state index in [1.807, 2.05) is 19.2 Å². The summed E-state index contributed by atoms with van der Waals surface area (Å²) in [5.74, 6) is 0.574. The monoisotopic (exact) mass is 445 g/mol. The molecule has 0 unspecified atom stereocenters. The third kappa shape index (κ3) is 6.46. The minimum atomic E-state index is -0.246. The van der Waals surface area contributed by atoms with Gasteiger partial charge in [0.25, 0.3) is 0 Å². The second kappa shape index (κ2) is 10.3. The zero-order chi connectivity index (χ0) is 16.7. The molecule has 1 aromatic heterocycles. The molecule has 2 aromatic rings. The molecule has 5 nitrogen and oxygen atoms in total. The molecule has 0 aliphatic heterocycles. The Bertz CT molecular complexity index is 637. The Morgan fingerprint density at radius 2 is 1.96 bits per heavy atom. The second-order valence-electron chi connectivity index (χ2n) is 5.54. The first-order valence-corrected chi connectivity index (χ1v) is 7.94. The van der Waals surface area contributed by atoms with Gasteiger partial charge in [-0.25, -0.2) is 9.07 Å². The summed E-state index contributed by atoms with van der Waals surface area (Å²) < 4.78 is 14.7. The van der Waals surface area contributed by atoms with Crippen molar-refractivity contribution >= 4 is 29.9 Å². The molecule has 0 aliphatic carbocycles. The van der Waals surface area contributed by atoms with E-state index < -0.39 is 0 Å². The Hall–Kier alpha value is -1.64. The molecule has 0 saturated carbocycles. The van der Waals surface area contributed by atoms with Crippen LogP contribution in [0.15, 0.2) is 41.5 Å². The van der Waals surface area contributed by atoms with Crippen LogP contribution >= 0.6 is 24.0 Å². The van der Waals surface area contributed by atoms with E-state index in [1.165, 1.54) is 12.1 Å². The SMILES string of the molecule is CCNC(=NCCc1ccn(-c2ccc(F)cc2)n1)NC(C)C.I. The van der Waals surface area contributed by atoms with E-state index in [4.69, 9.17) is 0 Å². The highest BCUT2D eigenvalue weighted by atomic mass is 127. The zero-order valence-electron chi connectivity index (χ0n) is 14.3. The number of aliphatic imine (C=N–C) groups is 1. The minimum Gasteiger partial charge on any atom is -0.357 e. The molecule has 0 aliphatic rings. The van der Waals surface area contributed by atoms with Crippen molar-refractivity contribution in [2.45, 2.75) is 33.2 Å². The van der Waals surface area contributed by atoms with Crippen molar-refractivity contribution in [3.8, 4) is 5.69 Å². The molecular formula is C17H25FIN5. The molecule has 0 spiro atoms. The third-order valence-corrected chi connectivity index (χ3v) is 3.14. The average molecular weight is 445 g/mol. The number of aromatic nitrogens is 2. The molecule has 0 fully saturated rings. The van der Waals surface area contributed by atoms with Crippen LogP contribution in [0.1, 0.15) is 26.5 Å². The smallest absolute Gasteiger partial charge is 0.191 e. The Morgan fingerprint density at radius 1 is 1.25 bits per heavy atom. The maximum atomic E-state index is 12.9. The van der Waals surface area contributed by atoms with E-state index in [-0.39, 0.29) is 29.8 Å². The van der Waals surface area contributed by atoms with Crippen molar-refractivity contribution in [1.29, 1.82) is 0 Å². The molecule has 0 radical (unpaired) electrons. The van der Waals surface area contributed by atoms with Crippen molar-refractivity contribution in [1.82, 2.24) is 20.4 Å². The topological polar surface area (TPSA) is 54.2 Å². The number of rotatable bonds is 6. The average Bonchev–Trinajstić information content (AvgIpc) is 2.96. The van der Waals surface area contributed by atoms with Crippen LogP contribution in [-0.4, -0.2) is 34.9 Å². The first kappa shape index (κ1) is 20.4. The van der Waals surface area contributed by atoms with Gasteiger partial charge in [-0.15, -0.1) is 24.0 Å². The summed E-state index contributed by atoms with van der Waals surface area (Å²) in [4.78, 5) is 4.54. The van der Waals surface area contributed by atoms with Crippen molar-refractivity contribution in [3.05, 3.63) is 48.0 Å². The number of nitrogens with zero attached hydrogens (tertiary/aromatic N) is 3. The summed E-state index contributed by atoms with van der Waals surface area (Å²) in [6.07, 6.45) is 2.63. The molecule has 0 amide bonds. The van der Waals surface area contributed by atoms with Gasteiger partial charge in [0, 0.05) is 31.7 Å². The first-order valence-electron chi connectivity index (χ1n) is 7.94. The molecule has 1 aromatic carbocycles. The standard InChI is InChI=1S/C17H24FN5.HI/c1-4-19-17(21-13(2)3)20-11-9-15-10-12-23(22-15)16-7-5-14(18)6-8-16;/h5-8,10,12-13H,4,9,11H2,1-3H3,(H2,19,20,21);1H. The lowest BCUT2D eigenvalue weighted by Crippen LogP contribution is -2.41. The number of hydrogen-bond donors (Lipinski definition) is 2. The van der Waals surface area contributed by atoms with Crippen LogP contribution < -0.4 is 10.6 Å². The third-order valence-electron chi connectivity index (χ3n) is 3.14. The normalized spacial score (nSPS) is 11.3. The highest BCUT2D eigenvalue weighted by molar-refractivity contribution is 14.0. The molecule has 1 heterocycles. The van der Waals surface area contributed by atoms with E-state index in [0.717, 1.165) is 30.3 Å². The van der Waals surface area contributed by atoms with Crippen molar-refractivity contribution in [2.24, 2.45) is 4.99 Å². The number of benzene rings is 1. The fourth-order valence-electron chi connectivity index (χ4n) is 2.11. The summed E-state index contributed by atoms with van der Waals surface area (Å²) in [5, 5.41) is 11.0. The minimum absolute atomic E-state index is 0. The summed E-state index contributed by atoms with van der Waals surface area (Å²) in [6, 6.07) is 8.58. The van der Waals surface area contributed by atoms with Crippen LogP contribution in [0.2, 0.25) is 0 Å². The number of guanidine groups is 1. The van der Waals surface area contributed by atoms with Gasteiger partial charge in [0.05, 0.1) is 11.4 Å². The molecule has 0 bridgehead atoms. The molecule has 2 N–H and O–H groups in total. The van der Waals surface area contributed by atoms with Crippen LogP contribution in [0.5, 0.6) is 0 Å². The van der Waals surface area contributed by atoms with Gasteiger partial charge in [-0.2, -0.15) is 5.10 Å². The first-order chi connectivity index (χ1) is 11.1. The van der Waals surface area contributed by atoms with Crippen LogP contribution in [0.25, 0.3) is 5.69 Å². The largest absolute Gasteiger partial charge is 0.357 e. The lowest BCUT2D eigenvalue weighted by Gasteiger charge is -2.13. The Kier molecular flexibility index (Phi) is 8.73. The van der Waals surface area contributed by atoms with Gasteiger partial charge >= 0.3 is 0 Å². The van der Waals surface area contributed by atoms with Gasteiger partial charge in [0.2, 0.25) is 0 Å². The van der Waals surface area contributed by atoms with E-state index in [1.54, 1.807) is 16.8 Å². The molecule has 2 rings (SSSR count). The molecule has 7 heteroatoms. The number of nitrogens with one attached hydrogen (secondary N) is 2. The van der Waals surface area contributed by atoms with Gasteiger partial charge in [-0.3, -0.25) is 4.99 Å².